The minimum atomic E-state index is -0.888. The highest BCUT2D eigenvalue weighted by molar-refractivity contribution is 7.17. The summed E-state index contributed by atoms with van der Waals surface area (Å²) in [6.07, 6.45) is 0.149. The van der Waals surface area contributed by atoms with Crippen LogP contribution in [0.25, 0.3) is 0 Å². The van der Waals surface area contributed by atoms with E-state index >= 15 is 0 Å². The van der Waals surface area contributed by atoms with Crippen molar-refractivity contribution in [2.45, 2.75) is 45.8 Å². The van der Waals surface area contributed by atoms with Gasteiger partial charge in [-0.15, -0.1) is 0 Å². The second kappa shape index (κ2) is 5.46. The fourth-order valence-corrected chi connectivity index (χ4v) is 3.33. The maximum absolute atomic E-state index is 11.3. The third kappa shape index (κ3) is 2.90. The molecule has 2 unspecified atom stereocenters. The molecule has 5 nitrogen and oxygen atoms in total. The number of aromatic carboxylic acids is 1. The zero-order valence-electron chi connectivity index (χ0n) is 11.7. The summed E-state index contributed by atoms with van der Waals surface area (Å²) < 4.78 is 5.59. The number of morpholine rings is 1. The molecular weight excluding hydrogens is 264 g/mol. The van der Waals surface area contributed by atoms with E-state index in [9.17, 15) is 9.90 Å². The molecule has 0 spiro atoms. The number of anilines is 1. The number of nitrogens with zero attached hydrogens (tertiary/aromatic N) is 2. The maximum atomic E-state index is 11.3. The molecule has 1 aliphatic heterocycles. The van der Waals surface area contributed by atoms with E-state index in [1.54, 1.807) is 0 Å². The molecule has 106 valence electrons. The summed E-state index contributed by atoms with van der Waals surface area (Å²) in [4.78, 5) is 18.4. The van der Waals surface area contributed by atoms with Crippen LogP contribution in [0.1, 0.15) is 49.0 Å². The lowest BCUT2D eigenvalue weighted by atomic mass is 10.1. The number of hydrogen-bond donors (Lipinski definition) is 1. The van der Waals surface area contributed by atoms with Crippen LogP contribution in [0.5, 0.6) is 0 Å². The standard InChI is InChI=1S/C13H20N2O3S/c1-7(2)10-11(12(16)17)19-13(14-10)15-5-9(4)18-6-8(15)3/h7-9H,5-6H2,1-4H3,(H,16,17). The van der Waals surface area contributed by atoms with E-state index in [1.165, 1.54) is 11.3 Å². The van der Waals surface area contributed by atoms with Crippen LogP contribution in [0.2, 0.25) is 0 Å². The van der Waals surface area contributed by atoms with E-state index in [0.717, 1.165) is 11.7 Å². The number of carboxylic acid groups (broad SMARTS) is 1. The van der Waals surface area contributed by atoms with Gasteiger partial charge in [-0.25, -0.2) is 9.78 Å². The van der Waals surface area contributed by atoms with Crippen molar-refractivity contribution in [2.24, 2.45) is 0 Å². The Kier molecular flexibility index (Phi) is 4.10. The summed E-state index contributed by atoms with van der Waals surface area (Å²) in [5.41, 5.74) is 0.679. The largest absolute Gasteiger partial charge is 0.477 e. The number of aromatic nitrogens is 1. The van der Waals surface area contributed by atoms with Gasteiger partial charge in [-0.05, 0) is 19.8 Å². The molecule has 2 atom stereocenters. The Morgan fingerprint density at radius 1 is 1.53 bits per heavy atom. The van der Waals surface area contributed by atoms with Gasteiger partial charge in [0, 0.05) is 6.54 Å². The van der Waals surface area contributed by atoms with Crippen molar-refractivity contribution in [3.63, 3.8) is 0 Å². The lowest BCUT2D eigenvalue weighted by Crippen LogP contribution is -2.47. The van der Waals surface area contributed by atoms with Gasteiger partial charge in [-0.2, -0.15) is 0 Å². The first-order chi connectivity index (χ1) is 8.90. The van der Waals surface area contributed by atoms with Crippen LogP contribution in [0, 0.1) is 0 Å². The van der Waals surface area contributed by atoms with E-state index in [0.29, 0.717) is 17.2 Å². The van der Waals surface area contributed by atoms with Gasteiger partial charge in [0.2, 0.25) is 0 Å². The summed E-state index contributed by atoms with van der Waals surface area (Å²) in [5, 5.41) is 10.1. The van der Waals surface area contributed by atoms with Gasteiger partial charge >= 0.3 is 5.97 Å². The van der Waals surface area contributed by atoms with Gasteiger partial charge < -0.3 is 14.7 Å². The molecule has 1 fully saturated rings. The molecule has 1 saturated heterocycles. The zero-order chi connectivity index (χ0) is 14.2. The van der Waals surface area contributed by atoms with Gasteiger partial charge in [0.15, 0.2) is 5.13 Å². The van der Waals surface area contributed by atoms with E-state index in [4.69, 9.17) is 4.74 Å². The topological polar surface area (TPSA) is 62.7 Å². The SMILES string of the molecule is CC1CN(c2nc(C(C)C)c(C(=O)O)s2)C(C)CO1. The molecule has 2 heterocycles. The number of ether oxygens (including phenoxy) is 1. The lowest BCUT2D eigenvalue weighted by Gasteiger charge is -2.36. The average molecular weight is 284 g/mol. The van der Waals surface area contributed by atoms with Crippen molar-refractivity contribution in [1.82, 2.24) is 4.98 Å². The first kappa shape index (κ1) is 14.3. The van der Waals surface area contributed by atoms with Crippen molar-refractivity contribution in [2.75, 3.05) is 18.1 Å². The van der Waals surface area contributed by atoms with Gasteiger partial charge in [0.1, 0.15) is 4.88 Å². The molecule has 0 amide bonds. The second-order valence-corrected chi connectivity index (χ2v) is 6.29. The van der Waals surface area contributed by atoms with Crippen LogP contribution in [0.3, 0.4) is 0 Å². The quantitative estimate of drug-likeness (QED) is 0.924. The molecule has 1 aromatic rings. The Morgan fingerprint density at radius 3 is 2.74 bits per heavy atom. The normalized spacial score (nSPS) is 23.9. The van der Waals surface area contributed by atoms with Crippen molar-refractivity contribution in [3.05, 3.63) is 10.6 Å². The average Bonchev–Trinajstić information content (AvgIpc) is 2.77. The minimum Gasteiger partial charge on any atom is -0.477 e. The predicted molar refractivity (Wildman–Crippen MR) is 75.4 cm³/mol. The first-order valence-electron chi connectivity index (χ1n) is 6.52. The van der Waals surface area contributed by atoms with Crippen LogP contribution in [-0.2, 0) is 4.74 Å². The Balaban J connectivity index is 2.34. The minimum absolute atomic E-state index is 0.116. The lowest BCUT2D eigenvalue weighted by molar-refractivity contribution is 0.0343. The predicted octanol–water partition coefficient (Wildman–Crippen LogP) is 2.58. The van der Waals surface area contributed by atoms with Gasteiger partial charge in [-0.1, -0.05) is 25.2 Å². The number of thiazole rings is 1. The van der Waals surface area contributed by atoms with Crippen LogP contribution in [0.4, 0.5) is 5.13 Å². The molecule has 0 aromatic carbocycles. The third-order valence-electron chi connectivity index (χ3n) is 3.24. The summed E-state index contributed by atoms with van der Waals surface area (Å²) in [7, 11) is 0. The molecule has 0 bridgehead atoms. The van der Waals surface area contributed by atoms with Crippen molar-refractivity contribution >= 4 is 22.4 Å². The Hall–Kier alpha value is -1.14. The van der Waals surface area contributed by atoms with Crippen LogP contribution in [0.15, 0.2) is 0 Å². The fraction of sp³-hybridized carbons (Fsp3) is 0.692. The Labute approximate surface area is 117 Å². The summed E-state index contributed by atoms with van der Waals surface area (Å²) in [6.45, 7) is 9.44. The molecule has 2 rings (SSSR count). The Bertz CT molecular complexity index is 472. The van der Waals surface area contributed by atoms with E-state index < -0.39 is 5.97 Å². The highest BCUT2D eigenvalue weighted by atomic mass is 32.1. The second-order valence-electron chi connectivity index (χ2n) is 5.32. The van der Waals surface area contributed by atoms with Crippen molar-refractivity contribution in [3.8, 4) is 0 Å². The highest BCUT2D eigenvalue weighted by Gasteiger charge is 2.28. The van der Waals surface area contributed by atoms with Crippen molar-refractivity contribution < 1.29 is 14.6 Å². The van der Waals surface area contributed by atoms with Crippen LogP contribution < -0.4 is 4.90 Å². The molecule has 6 heteroatoms. The Morgan fingerprint density at radius 2 is 2.21 bits per heavy atom. The number of rotatable bonds is 3. The van der Waals surface area contributed by atoms with E-state index in [-0.39, 0.29) is 18.1 Å². The highest BCUT2D eigenvalue weighted by Crippen LogP contribution is 2.33. The monoisotopic (exact) mass is 284 g/mol. The van der Waals surface area contributed by atoms with Crippen LogP contribution in [-0.4, -0.2) is 41.4 Å². The van der Waals surface area contributed by atoms with E-state index in [2.05, 4.69) is 16.8 Å². The third-order valence-corrected chi connectivity index (χ3v) is 4.33. The maximum Gasteiger partial charge on any atom is 0.347 e. The molecule has 0 radical (unpaired) electrons. The molecular formula is C13H20N2O3S. The van der Waals surface area contributed by atoms with Gasteiger partial charge in [-0.3, -0.25) is 0 Å². The molecule has 19 heavy (non-hydrogen) atoms. The fourth-order valence-electron chi connectivity index (χ4n) is 2.16. The van der Waals surface area contributed by atoms with Crippen molar-refractivity contribution in [1.29, 1.82) is 0 Å². The van der Waals surface area contributed by atoms with Gasteiger partial charge in [0.25, 0.3) is 0 Å². The molecule has 0 saturated carbocycles. The number of carboxylic acids is 1. The van der Waals surface area contributed by atoms with E-state index in [1.807, 2.05) is 20.8 Å². The number of hydrogen-bond acceptors (Lipinski definition) is 5. The zero-order valence-corrected chi connectivity index (χ0v) is 12.5. The van der Waals surface area contributed by atoms with Gasteiger partial charge in [0.05, 0.1) is 24.4 Å². The molecule has 1 N–H and O–H groups in total. The summed E-state index contributed by atoms with van der Waals surface area (Å²) >= 11 is 1.27. The molecule has 1 aliphatic rings. The summed E-state index contributed by atoms with van der Waals surface area (Å²) in [5.74, 6) is -0.772. The molecule has 0 aliphatic carbocycles. The smallest absolute Gasteiger partial charge is 0.347 e. The first-order valence-corrected chi connectivity index (χ1v) is 7.34. The number of carbonyl (C=O) groups is 1. The molecule has 1 aromatic heterocycles. The van der Waals surface area contributed by atoms with Crippen LogP contribution >= 0.6 is 11.3 Å². The summed E-state index contributed by atoms with van der Waals surface area (Å²) in [6, 6.07) is 0.226.